The molecule has 20 heavy (non-hydrogen) atoms. The van der Waals surface area contributed by atoms with Gasteiger partial charge in [-0.05, 0) is 23.9 Å². The fourth-order valence-corrected chi connectivity index (χ4v) is 2.43. The van der Waals surface area contributed by atoms with Crippen LogP contribution >= 0.6 is 0 Å². The fraction of sp³-hybridized carbons (Fsp3) is 0.111. The number of rotatable bonds is 3. The Balaban J connectivity index is 1.97. The van der Waals surface area contributed by atoms with Crippen molar-refractivity contribution in [1.82, 2.24) is 4.98 Å². The Bertz CT molecular complexity index is 772. The zero-order valence-electron chi connectivity index (χ0n) is 11.3. The molecule has 0 amide bonds. The fourth-order valence-electron chi connectivity index (χ4n) is 2.43. The second-order valence-corrected chi connectivity index (χ2v) is 4.97. The van der Waals surface area contributed by atoms with Gasteiger partial charge in [0.1, 0.15) is 5.69 Å². The molecule has 2 heteroatoms. The van der Waals surface area contributed by atoms with Crippen molar-refractivity contribution in [2.45, 2.75) is 13.3 Å². The van der Waals surface area contributed by atoms with Crippen LogP contribution < -0.4 is 0 Å². The van der Waals surface area contributed by atoms with Crippen LogP contribution in [-0.2, 0) is 6.42 Å². The molecule has 0 N–H and O–H groups in total. The number of aromatic nitrogens is 1. The molecular formula is C18H15NO. The van der Waals surface area contributed by atoms with E-state index in [4.69, 9.17) is 0 Å². The average molecular weight is 261 g/mol. The van der Waals surface area contributed by atoms with Gasteiger partial charge in [0.05, 0.1) is 0 Å². The van der Waals surface area contributed by atoms with Gasteiger partial charge in [0.2, 0.25) is 0 Å². The number of fused-ring (bicyclic) bond motifs is 1. The Hall–Kier alpha value is -2.48. The molecule has 0 aliphatic rings. The van der Waals surface area contributed by atoms with Gasteiger partial charge in [0, 0.05) is 18.0 Å². The first-order chi connectivity index (χ1) is 9.74. The largest absolute Gasteiger partial charge is 0.292 e. The molecule has 0 saturated carbocycles. The zero-order chi connectivity index (χ0) is 13.9. The Morgan fingerprint density at radius 1 is 1.05 bits per heavy atom. The molecule has 0 saturated heterocycles. The van der Waals surface area contributed by atoms with Crippen LogP contribution in [0.15, 0.2) is 60.8 Å². The summed E-state index contributed by atoms with van der Waals surface area (Å²) in [6.45, 7) is 2.03. The number of carbonyl (C=O) groups excluding carboxylic acids is 1. The van der Waals surface area contributed by atoms with E-state index in [1.54, 1.807) is 6.20 Å². The van der Waals surface area contributed by atoms with Crippen LogP contribution in [0.1, 0.15) is 21.6 Å². The Morgan fingerprint density at radius 2 is 1.90 bits per heavy atom. The maximum absolute atomic E-state index is 12.5. The number of aryl methyl sites for hydroxylation is 1. The van der Waals surface area contributed by atoms with Crippen LogP contribution in [-0.4, -0.2) is 10.8 Å². The van der Waals surface area contributed by atoms with Crippen molar-refractivity contribution in [3.63, 3.8) is 0 Å². The molecule has 0 radical (unpaired) electrons. The number of hydrogen-bond donors (Lipinski definition) is 0. The first kappa shape index (κ1) is 12.5. The van der Waals surface area contributed by atoms with Crippen molar-refractivity contribution in [2.75, 3.05) is 0 Å². The topological polar surface area (TPSA) is 30.0 Å². The SMILES string of the molecule is Cc1cccc(CC(=O)c2nccc3ccccc23)c1. The molecule has 0 fully saturated rings. The molecule has 0 aliphatic carbocycles. The second-order valence-electron chi connectivity index (χ2n) is 4.97. The lowest BCUT2D eigenvalue weighted by atomic mass is 10.0. The molecule has 0 atom stereocenters. The lowest BCUT2D eigenvalue weighted by Crippen LogP contribution is -2.06. The predicted octanol–water partition coefficient (Wildman–Crippen LogP) is 3.97. The van der Waals surface area contributed by atoms with E-state index in [2.05, 4.69) is 4.98 Å². The number of pyridine rings is 1. The molecule has 2 nitrogen and oxygen atoms in total. The van der Waals surface area contributed by atoms with E-state index < -0.39 is 0 Å². The van der Waals surface area contributed by atoms with Gasteiger partial charge < -0.3 is 0 Å². The molecule has 0 spiro atoms. The van der Waals surface area contributed by atoms with Crippen LogP contribution in [0, 0.1) is 6.92 Å². The number of Topliss-reactive ketones (excluding diaryl/α,β-unsaturated/α-hetero) is 1. The van der Waals surface area contributed by atoms with E-state index >= 15 is 0 Å². The van der Waals surface area contributed by atoms with E-state index in [-0.39, 0.29) is 5.78 Å². The van der Waals surface area contributed by atoms with Crippen molar-refractivity contribution in [2.24, 2.45) is 0 Å². The average Bonchev–Trinajstić information content (AvgIpc) is 2.46. The third-order valence-corrected chi connectivity index (χ3v) is 3.38. The molecule has 98 valence electrons. The lowest BCUT2D eigenvalue weighted by Gasteiger charge is -2.05. The standard InChI is InChI=1S/C18H15NO/c1-13-5-4-6-14(11-13)12-17(20)18-16-8-3-2-7-15(16)9-10-19-18/h2-11H,12H2,1H3. The molecule has 0 aliphatic heterocycles. The number of carbonyl (C=O) groups is 1. The normalized spacial score (nSPS) is 10.7. The lowest BCUT2D eigenvalue weighted by molar-refractivity contribution is 0.0990. The third kappa shape index (κ3) is 2.45. The summed E-state index contributed by atoms with van der Waals surface area (Å²) in [4.78, 5) is 16.8. The molecule has 3 aromatic rings. The Morgan fingerprint density at radius 3 is 2.75 bits per heavy atom. The van der Waals surface area contributed by atoms with E-state index in [0.717, 1.165) is 16.3 Å². The Labute approximate surface area is 118 Å². The van der Waals surface area contributed by atoms with E-state index in [9.17, 15) is 4.79 Å². The smallest absolute Gasteiger partial charge is 0.186 e. The molecule has 0 unspecified atom stereocenters. The summed E-state index contributed by atoms with van der Waals surface area (Å²) in [5.74, 6) is 0.0624. The number of ketones is 1. The van der Waals surface area contributed by atoms with Gasteiger partial charge in [0.25, 0.3) is 0 Å². The maximum Gasteiger partial charge on any atom is 0.186 e. The molecule has 1 aromatic heterocycles. The predicted molar refractivity (Wildman–Crippen MR) is 81.0 cm³/mol. The molecule has 0 bridgehead atoms. The van der Waals surface area contributed by atoms with E-state index in [1.165, 1.54) is 5.56 Å². The van der Waals surface area contributed by atoms with Gasteiger partial charge in [-0.1, -0.05) is 54.1 Å². The van der Waals surface area contributed by atoms with Gasteiger partial charge in [-0.3, -0.25) is 9.78 Å². The van der Waals surface area contributed by atoms with Gasteiger partial charge in [-0.25, -0.2) is 0 Å². The second kappa shape index (κ2) is 5.25. The van der Waals surface area contributed by atoms with Gasteiger partial charge >= 0.3 is 0 Å². The van der Waals surface area contributed by atoms with Gasteiger partial charge in [0.15, 0.2) is 5.78 Å². The number of hydrogen-bond acceptors (Lipinski definition) is 2. The quantitative estimate of drug-likeness (QED) is 0.668. The highest BCUT2D eigenvalue weighted by molar-refractivity contribution is 6.07. The first-order valence-corrected chi connectivity index (χ1v) is 6.66. The van der Waals surface area contributed by atoms with E-state index in [1.807, 2.05) is 61.5 Å². The van der Waals surface area contributed by atoms with Crippen molar-refractivity contribution in [1.29, 1.82) is 0 Å². The summed E-state index contributed by atoms with van der Waals surface area (Å²) < 4.78 is 0. The van der Waals surface area contributed by atoms with Crippen LogP contribution in [0.5, 0.6) is 0 Å². The zero-order valence-corrected chi connectivity index (χ0v) is 11.3. The van der Waals surface area contributed by atoms with Crippen LogP contribution in [0.2, 0.25) is 0 Å². The van der Waals surface area contributed by atoms with Crippen molar-refractivity contribution >= 4 is 16.6 Å². The summed E-state index contributed by atoms with van der Waals surface area (Å²) in [7, 11) is 0. The third-order valence-electron chi connectivity index (χ3n) is 3.38. The molecule has 1 heterocycles. The number of nitrogens with zero attached hydrogens (tertiary/aromatic N) is 1. The van der Waals surface area contributed by atoms with Crippen LogP contribution in [0.4, 0.5) is 0 Å². The van der Waals surface area contributed by atoms with Gasteiger partial charge in [-0.15, -0.1) is 0 Å². The summed E-state index contributed by atoms with van der Waals surface area (Å²) in [5.41, 5.74) is 2.76. The minimum atomic E-state index is 0.0624. The Kier molecular flexibility index (Phi) is 3.30. The first-order valence-electron chi connectivity index (χ1n) is 6.66. The highest BCUT2D eigenvalue weighted by Crippen LogP contribution is 2.18. The number of benzene rings is 2. The minimum Gasteiger partial charge on any atom is -0.292 e. The van der Waals surface area contributed by atoms with Gasteiger partial charge in [-0.2, -0.15) is 0 Å². The summed E-state index contributed by atoms with van der Waals surface area (Å²) in [6.07, 6.45) is 2.09. The van der Waals surface area contributed by atoms with E-state index in [0.29, 0.717) is 12.1 Å². The summed E-state index contributed by atoms with van der Waals surface area (Å²) >= 11 is 0. The molecule has 3 rings (SSSR count). The van der Waals surface area contributed by atoms with Crippen molar-refractivity contribution in [3.8, 4) is 0 Å². The maximum atomic E-state index is 12.5. The molecular weight excluding hydrogens is 246 g/mol. The summed E-state index contributed by atoms with van der Waals surface area (Å²) in [5, 5.41) is 1.97. The van der Waals surface area contributed by atoms with Crippen LogP contribution in [0.3, 0.4) is 0 Å². The highest BCUT2D eigenvalue weighted by atomic mass is 16.1. The van der Waals surface area contributed by atoms with Crippen molar-refractivity contribution in [3.05, 3.63) is 77.6 Å². The molecule has 2 aromatic carbocycles. The highest BCUT2D eigenvalue weighted by Gasteiger charge is 2.12. The summed E-state index contributed by atoms with van der Waals surface area (Å²) in [6, 6.07) is 17.8. The van der Waals surface area contributed by atoms with Crippen molar-refractivity contribution < 1.29 is 4.79 Å². The monoisotopic (exact) mass is 261 g/mol. The minimum absolute atomic E-state index is 0.0624. The van der Waals surface area contributed by atoms with Crippen LogP contribution in [0.25, 0.3) is 10.8 Å².